The van der Waals surface area contributed by atoms with Gasteiger partial charge in [0, 0.05) is 35.7 Å². The number of nitrogens with one attached hydrogen (secondary N) is 1. The topological polar surface area (TPSA) is 30.5 Å². The highest BCUT2D eigenvalue weighted by atomic mass is 16.5. The highest BCUT2D eigenvalue weighted by molar-refractivity contribution is 5.56. The normalized spacial score (nSPS) is 25.3. The summed E-state index contributed by atoms with van der Waals surface area (Å²) in [6.07, 6.45) is 2.33. The summed E-state index contributed by atoms with van der Waals surface area (Å²) >= 11 is 0. The quantitative estimate of drug-likeness (QED) is 0.870. The molecule has 1 aromatic rings. The summed E-state index contributed by atoms with van der Waals surface area (Å²) < 4.78 is 11.8. The summed E-state index contributed by atoms with van der Waals surface area (Å²) in [5.41, 5.74) is 3.98. The molecule has 0 amide bonds. The van der Waals surface area contributed by atoms with Crippen LogP contribution in [0.4, 0.5) is 0 Å². The first kappa shape index (κ1) is 11.8. The van der Waals surface area contributed by atoms with Gasteiger partial charge < -0.3 is 14.8 Å². The lowest BCUT2D eigenvalue weighted by Crippen LogP contribution is -2.33. The van der Waals surface area contributed by atoms with E-state index >= 15 is 0 Å². The van der Waals surface area contributed by atoms with Crippen molar-refractivity contribution in [3.05, 3.63) is 22.8 Å². The molecule has 1 aromatic carbocycles. The molecule has 3 nitrogen and oxygen atoms in total. The first-order valence-electron chi connectivity index (χ1n) is 6.89. The lowest BCUT2D eigenvalue weighted by molar-refractivity contribution is 0.250. The van der Waals surface area contributed by atoms with Gasteiger partial charge in [-0.05, 0) is 33.3 Å². The standard InChI is InChI=1S/C15H21NO2/c1-4-17-14-7-11-6-10(3)18-15(11)12-5-9(2)16-8-13(12)14/h7,9-10,16H,4-6,8H2,1-3H3. The predicted octanol–water partition coefficient (Wildman–Crippen LogP) is 2.44. The number of benzene rings is 1. The second kappa shape index (κ2) is 4.47. The lowest BCUT2D eigenvalue weighted by Gasteiger charge is -2.27. The van der Waals surface area contributed by atoms with E-state index < -0.39 is 0 Å². The average molecular weight is 247 g/mol. The zero-order chi connectivity index (χ0) is 12.7. The van der Waals surface area contributed by atoms with Crippen molar-refractivity contribution >= 4 is 0 Å². The van der Waals surface area contributed by atoms with Gasteiger partial charge in [0.2, 0.25) is 0 Å². The van der Waals surface area contributed by atoms with E-state index in [9.17, 15) is 0 Å². The van der Waals surface area contributed by atoms with Crippen molar-refractivity contribution in [2.75, 3.05) is 6.61 Å². The molecule has 0 fully saturated rings. The Morgan fingerprint density at radius 1 is 1.33 bits per heavy atom. The Balaban J connectivity index is 2.10. The van der Waals surface area contributed by atoms with Gasteiger partial charge in [0.05, 0.1) is 6.61 Å². The fourth-order valence-electron chi connectivity index (χ4n) is 2.99. The van der Waals surface area contributed by atoms with E-state index in [0.29, 0.717) is 12.1 Å². The molecular formula is C15H21NO2. The first-order chi connectivity index (χ1) is 8.69. The fraction of sp³-hybridized carbons (Fsp3) is 0.600. The van der Waals surface area contributed by atoms with Crippen LogP contribution in [-0.2, 0) is 19.4 Å². The van der Waals surface area contributed by atoms with Crippen molar-refractivity contribution in [3.63, 3.8) is 0 Å². The maximum absolute atomic E-state index is 6.00. The second-order valence-corrected chi connectivity index (χ2v) is 5.37. The third-order valence-electron chi connectivity index (χ3n) is 3.80. The zero-order valence-electron chi connectivity index (χ0n) is 11.4. The molecule has 0 saturated carbocycles. The Kier molecular flexibility index (Phi) is 2.94. The van der Waals surface area contributed by atoms with E-state index in [-0.39, 0.29) is 0 Å². The van der Waals surface area contributed by atoms with Gasteiger partial charge in [0.25, 0.3) is 0 Å². The number of hydrogen-bond acceptors (Lipinski definition) is 3. The van der Waals surface area contributed by atoms with Crippen LogP contribution in [0.1, 0.15) is 37.5 Å². The average Bonchev–Trinajstić information content (AvgIpc) is 2.70. The fourth-order valence-corrected chi connectivity index (χ4v) is 2.99. The Morgan fingerprint density at radius 2 is 2.17 bits per heavy atom. The molecule has 0 aliphatic carbocycles. The van der Waals surface area contributed by atoms with Crippen LogP contribution in [-0.4, -0.2) is 18.8 Å². The molecule has 2 heterocycles. The first-order valence-corrected chi connectivity index (χ1v) is 6.89. The van der Waals surface area contributed by atoms with E-state index in [1.54, 1.807) is 0 Å². The van der Waals surface area contributed by atoms with E-state index in [1.807, 2.05) is 6.92 Å². The van der Waals surface area contributed by atoms with Crippen LogP contribution in [0.5, 0.6) is 11.5 Å². The predicted molar refractivity (Wildman–Crippen MR) is 71.4 cm³/mol. The summed E-state index contributed by atoms with van der Waals surface area (Å²) in [5, 5.41) is 3.50. The number of rotatable bonds is 2. The van der Waals surface area contributed by atoms with Crippen molar-refractivity contribution in [3.8, 4) is 11.5 Å². The van der Waals surface area contributed by atoms with E-state index in [1.165, 1.54) is 16.7 Å². The highest BCUT2D eigenvalue weighted by Crippen LogP contribution is 2.41. The Bertz CT molecular complexity index is 470. The van der Waals surface area contributed by atoms with Gasteiger partial charge in [-0.3, -0.25) is 0 Å². The molecule has 2 aliphatic rings. The summed E-state index contributed by atoms with van der Waals surface area (Å²) in [5.74, 6) is 2.18. The Morgan fingerprint density at radius 3 is 2.94 bits per heavy atom. The smallest absolute Gasteiger partial charge is 0.126 e. The van der Waals surface area contributed by atoms with Crippen molar-refractivity contribution in [2.45, 2.75) is 52.3 Å². The maximum atomic E-state index is 6.00. The molecule has 3 heteroatoms. The van der Waals surface area contributed by atoms with E-state index in [4.69, 9.17) is 9.47 Å². The van der Waals surface area contributed by atoms with Gasteiger partial charge in [-0.1, -0.05) is 0 Å². The van der Waals surface area contributed by atoms with Gasteiger partial charge in [-0.15, -0.1) is 0 Å². The summed E-state index contributed by atoms with van der Waals surface area (Å²) in [7, 11) is 0. The monoisotopic (exact) mass is 247 g/mol. The SMILES string of the molecule is CCOc1cc2c(c3c1CNC(C)C3)OC(C)C2. The van der Waals surface area contributed by atoms with Crippen LogP contribution in [0.3, 0.4) is 0 Å². The summed E-state index contributed by atoms with van der Waals surface area (Å²) in [4.78, 5) is 0. The third-order valence-corrected chi connectivity index (χ3v) is 3.80. The molecule has 0 saturated heterocycles. The van der Waals surface area contributed by atoms with E-state index in [2.05, 4.69) is 25.2 Å². The molecule has 0 aromatic heterocycles. The van der Waals surface area contributed by atoms with Crippen molar-refractivity contribution in [1.29, 1.82) is 0 Å². The minimum absolute atomic E-state index is 0.297. The Labute approximate surface area is 108 Å². The number of hydrogen-bond donors (Lipinski definition) is 1. The van der Waals surface area contributed by atoms with Gasteiger partial charge >= 0.3 is 0 Å². The van der Waals surface area contributed by atoms with Crippen LogP contribution in [0.2, 0.25) is 0 Å². The zero-order valence-corrected chi connectivity index (χ0v) is 11.4. The molecule has 2 unspecified atom stereocenters. The molecule has 0 bridgehead atoms. The number of ether oxygens (including phenoxy) is 2. The Hall–Kier alpha value is -1.22. The molecule has 0 radical (unpaired) electrons. The molecule has 18 heavy (non-hydrogen) atoms. The highest BCUT2D eigenvalue weighted by Gasteiger charge is 2.29. The largest absolute Gasteiger partial charge is 0.494 e. The van der Waals surface area contributed by atoms with E-state index in [0.717, 1.165) is 37.5 Å². The molecule has 98 valence electrons. The van der Waals surface area contributed by atoms with Crippen molar-refractivity contribution in [2.24, 2.45) is 0 Å². The second-order valence-electron chi connectivity index (χ2n) is 5.37. The van der Waals surface area contributed by atoms with Crippen LogP contribution < -0.4 is 14.8 Å². The third kappa shape index (κ3) is 1.87. The molecule has 1 N–H and O–H groups in total. The van der Waals surface area contributed by atoms with Gasteiger partial charge in [-0.2, -0.15) is 0 Å². The summed E-state index contributed by atoms with van der Waals surface area (Å²) in [6.45, 7) is 8.00. The lowest BCUT2D eigenvalue weighted by atomic mass is 9.92. The van der Waals surface area contributed by atoms with Gasteiger partial charge in [0.1, 0.15) is 17.6 Å². The minimum Gasteiger partial charge on any atom is -0.494 e. The summed E-state index contributed by atoms with van der Waals surface area (Å²) in [6, 6.07) is 2.69. The molecule has 3 rings (SSSR count). The van der Waals surface area contributed by atoms with Crippen LogP contribution in [0.25, 0.3) is 0 Å². The number of fused-ring (bicyclic) bond motifs is 3. The molecule has 2 aliphatic heterocycles. The van der Waals surface area contributed by atoms with Crippen molar-refractivity contribution < 1.29 is 9.47 Å². The molecule has 0 spiro atoms. The maximum Gasteiger partial charge on any atom is 0.126 e. The molecular weight excluding hydrogens is 226 g/mol. The van der Waals surface area contributed by atoms with Gasteiger partial charge in [0.15, 0.2) is 0 Å². The van der Waals surface area contributed by atoms with Crippen LogP contribution >= 0.6 is 0 Å². The van der Waals surface area contributed by atoms with Crippen molar-refractivity contribution in [1.82, 2.24) is 5.32 Å². The van der Waals surface area contributed by atoms with Crippen LogP contribution in [0, 0.1) is 0 Å². The van der Waals surface area contributed by atoms with Gasteiger partial charge in [-0.25, -0.2) is 0 Å². The molecule has 2 atom stereocenters. The van der Waals surface area contributed by atoms with Crippen LogP contribution in [0.15, 0.2) is 6.07 Å². The minimum atomic E-state index is 0.297.